The minimum atomic E-state index is 0.558. The molecule has 0 fully saturated rings. The number of hydrogen-bond donors (Lipinski definition) is 0. The van der Waals surface area contributed by atoms with Crippen LogP contribution in [0.3, 0.4) is 0 Å². The average Bonchev–Trinajstić information content (AvgIpc) is 2.86. The van der Waals surface area contributed by atoms with Gasteiger partial charge in [0, 0.05) is 11.4 Å². The van der Waals surface area contributed by atoms with Gasteiger partial charge in [0.15, 0.2) is 0 Å². The van der Waals surface area contributed by atoms with Crippen molar-refractivity contribution in [1.82, 2.24) is 9.55 Å². The van der Waals surface area contributed by atoms with Crippen LogP contribution in [0.2, 0.25) is 0 Å². The van der Waals surface area contributed by atoms with Gasteiger partial charge in [0.05, 0.1) is 6.20 Å². The maximum Gasteiger partial charge on any atom is 0.138 e. The van der Waals surface area contributed by atoms with Gasteiger partial charge in [0.25, 0.3) is 0 Å². The Bertz CT molecular complexity index is 736. The van der Waals surface area contributed by atoms with Crippen molar-refractivity contribution < 1.29 is 4.74 Å². The van der Waals surface area contributed by atoms with Crippen LogP contribution in [0.5, 0.6) is 5.75 Å². The first-order chi connectivity index (χ1) is 10.6. The van der Waals surface area contributed by atoms with Crippen LogP contribution in [0.4, 0.5) is 0 Å². The maximum atomic E-state index is 5.79. The second-order valence-corrected chi connectivity index (χ2v) is 5.58. The van der Waals surface area contributed by atoms with E-state index in [0.29, 0.717) is 6.61 Å². The molecule has 0 atom stereocenters. The molecule has 2 aromatic heterocycles. The normalized spacial score (nSPS) is 10.7. The lowest BCUT2D eigenvalue weighted by molar-refractivity contribution is 0.305. The maximum absolute atomic E-state index is 5.79. The highest BCUT2D eigenvalue weighted by molar-refractivity contribution is 5.34. The predicted octanol–water partition coefficient (Wildman–Crippen LogP) is 4.38. The Morgan fingerprint density at radius 1 is 0.864 bits per heavy atom. The Hall–Kier alpha value is -2.55. The zero-order chi connectivity index (χ0) is 15.5. The highest BCUT2D eigenvalue weighted by Gasteiger charge is 2.05. The van der Waals surface area contributed by atoms with E-state index in [0.717, 1.165) is 17.1 Å². The van der Waals surface area contributed by atoms with Gasteiger partial charge in [-0.1, -0.05) is 29.8 Å². The molecule has 0 unspecified atom stereocenters. The molecule has 0 saturated carbocycles. The molecule has 0 aliphatic heterocycles. The fraction of sp³-hybridized carbons (Fsp3) is 0.211. The first kappa shape index (κ1) is 14.4. The fourth-order valence-electron chi connectivity index (χ4n) is 2.47. The molecule has 0 saturated heterocycles. The minimum Gasteiger partial charge on any atom is -0.487 e. The zero-order valence-electron chi connectivity index (χ0n) is 13.2. The van der Waals surface area contributed by atoms with Crippen LogP contribution < -0.4 is 4.74 Å². The quantitative estimate of drug-likeness (QED) is 0.713. The van der Waals surface area contributed by atoms with Crippen LogP contribution in [0.15, 0.2) is 54.7 Å². The Labute approximate surface area is 131 Å². The number of rotatable bonds is 4. The van der Waals surface area contributed by atoms with E-state index in [-0.39, 0.29) is 0 Å². The van der Waals surface area contributed by atoms with Crippen LogP contribution in [0, 0.1) is 20.8 Å². The lowest BCUT2D eigenvalue weighted by Gasteiger charge is -2.10. The average molecular weight is 292 g/mol. The summed E-state index contributed by atoms with van der Waals surface area (Å²) in [7, 11) is 0. The van der Waals surface area contributed by atoms with Crippen molar-refractivity contribution in [2.45, 2.75) is 27.4 Å². The van der Waals surface area contributed by atoms with Gasteiger partial charge in [0.1, 0.15) is 18.2 Å². The summed E-state index contributed by atoms with van der Waals surface area (Å²) in [6.45, 7) is 6.80. The van der Waals surface area contributed by atoms with Gasteiger partial charge >= 0.3 is 0 Å². The van der Waals surface area contributed by atoms with Crippen LogP contribution >= 0.6 is 0 Å². The smallest absolute Gasteiger partial charge is 0.138 e. The van der Waals surface area contributed by atoms with Crippen LogP contribution in [-0.2, 0) is 6.61 Å². The third-order valence-electron chi connectivity index (χ3n) is 3.75. The first-order valence-electron chi connectivity index (χ1n) is 7.43. The van der Waals surface area contributed by atoms with Crippen LogP contribution in [0.1, 0.15) is 22.5 Å². The summed E-state index contributed by atoms with van der Waals surface area (Å²) in [5.74, 6) is 1.70. The number of aromatic nitrogens is 2. The lowest BCUT2D eigenvalue weighted by atomic mass is 10.2. The monoisotopic (exact) mass is 292 g/mol. The number of benzene rings is 1. The summed E-state index contributed by atoms with van der Waals surface area (Å²) < 4.78 is 7.92. The summed E-state index contributed by atoms with van der Waals surface area (Å²) in [6.07, 6.45) is 1.78. The van der Waals surface area contributed by atoms with Crippen molar-refractivity contribution in [3.8, 4) is 11.6 Å². The molecule has 0 amide bonds. The van der Waals surface area contributed by atoms with Gasteiger partial charge in [-0.15, -0.1) is 0 Å². The minimum absolute atomic E-state index is 0.558. The molecule has 0 bridgehead atoms. The van der Waals surface area contributed by atoms with Crippen molar-refractivity contribution in [2.24, 2.45) is 0 Å². The third kappa shape index (κ3) is 3.03. The van der Waals surface area contributed by atoms with E-state index >= 15 is 0 Å². The van der Waals surface area contributed by atoms with Crippen molar-refractivity contribution >= 4 is 0 Å². The van der Waals surface area contributed by atoms with Gasteiger partial charge in [-0.3, -0.25) is 0 Å². The Balaban J connectivity index is 1.71. The number of ether oxygens (including phenoxy) is 1. The van der Waals surface area contributed by atoms with Gasteiger partial charge in [-0.2, -0.15) is 0 Å². The molecule has 1 aromatic carbocycles. The molecule has 22 heavy (non-hydrogen) atoms. The van der Waals surface area contributed by atoms with Crippen LogP contribution in [0.25, 0.3) is 5.82 Å². The SMILES string of the molecule is Cc1ccc(COc2ccc(-n3c(C)ccc3C)nc2)cc1. The van der Waals surface area contributed by atoms with Crippen molar-refractivity contribution in [3.05, 3.63) is 77.2 Å². The van der Waals surface area contributed by atoms with Crippen molar-refractivity contribution in [3.63, 3.8) is 0 Å². The lowest BCUT2D eigenvalue weighted by Crippen LogP contribution is -2.02. The van der Waals surface area contributed by atoms with E-state index in [9.17, 15) is 0 Å². The summed E-state index contributed by atoms with van der Waals surface area (Å²) in [6, 6.07) is 16.5. The number of aryl methyl sites for hydroxylation is 3. The Morgan fingerprint density at radius 3 is 2.14 bits per heavy atom. The Morgan fingerprint density at radius 2 is 1.55 bits per heavy atom. The number of hydrogen-bond acceptors (Lipinski definition) is 2. The molecule has 3 rings (SSSR count). The molecule has 2 heterocycles. The Kier molecular flexibility index (Phi) is 3.96. The van der Waals surface area contributed by atoms with Gasteiger partial charge < -0.3 is 9.30 Å². The standard InChI is InChI=1S/C19H20N2O/c1-14-4-8-17(9-5-14)13-22-18-10-11-19(20-12-18)21-15(2)6-7-16(21)3/h4-12H,13H2,1-3H3. The molecule has 0 N–H and O–H groups in total. The summed E-state index contributed by atoms with van der Waals surface area (Å²) >= 11 is 0. The molecule has 3 heteroatoms. The molecule has 3 nitrogen and oxygen atoms in total. The third-order valence-corrected chi connectivity index (χ3v) is 3.75. The summed E-state index contributed by atoms with van der Waals surface area (Å²) in [5, 5.41) is 0. The van der Waals surface area contributed by atoms with E-state index in [2.05, 4.69) is 66.7 Å². The topological polar surface area (TPSA) is 27.1 Å². The highest BCUT2D eigenvalue weighted by Crippen LogP contribution is 2.18. The van der Waals surface area contributed by atoms with Crippen LogP contribution in [-0.4, -0.2) is 9.55 Å². The van der Waals surface area contributed by atoms with E-state index in [4.69, 9.17) is 4.74 Å². The summed E-state index contributed by atoms with van der Waals surface area (Å²) in [5.41, 5.74) is 4.77. The highest BCUT2D eigenvalue weighted by atomic mass is 16.5. The molecule has 0 radical (unpaired) electrons. The van der Waals surface area contributed by atoms with Gasteiger partial charge in [-0.25, -0.2) is 4.98 Å². The summed E-state index contributed by atoms with van der Waals surface area (Å²) in [4.78, 5) is 4.51. The molecular formula is C19H20N2O. The van der Waals surface area contributed by atoms with Gasteiger partial charge in [-0.05, 0) is 50.6 Å². The van der Waals surface area contributed by atoms with E-state index in [1.54, 1.807) is 6.20 Å². The molecule has 112 valence electrons. The molecule has 3 aromatic rings. The fourth-order valence-corrected chi connectivity index (χ4v) is 2.47. The van der Waals surface area contributed by atoms with E-state index in [1.807, 2.05) is 12.1 Å². The molecule has 0 spiro atoms. The van der Waals surface area contributed by atoms with Gasteiger partial charge in [0.2, 0.25) is 0 Å². The number of pyridine rings is 1. The van der Waals surface area contributed by atoms with E-state index in [1.165, 1.54) is 17.0 Å². The zero-order valence-corrected chi connectivity index (χ0v) is 13.2. The molecule has 0 aliphatic rings. The first-order valence-corrected chi connectivity index (χ1v) is 7.43. The van der Waals surface area contributed by atoms with Crippen molar-refractivity contribution in [2.75, 3.05) is 0 Å². The van der Waals surface area contributed by atoms with Crippen molar-refractivity contribution in [1.29, 1.82) is 0 Å². The molecule has 0 aliphatic carbocycles. The largest absolute Gasteiger partial charge is 0.487 e. The predicted molar refractivity (Wildman–Crippen MR) is 88.5 cm³/mol. The van der Waals surface area contributed by atoms with E-state index < -0.39 is 0 Å². The molecular weight excluding hydrogens is 272 g/mol. The second-order valence-electron chi connectivity index (χ2n) is 5.58. The number of nitrogens with zero attached hydrogens (tertiary/aromatic N) is 2. The second kappa shape index (κ2) is 6.06.